The Morgan fingerprint density at radius 1 is 1.03 bits per heavy atom. The molecule has 5 fully saturated rings. The zero-order chi connectivity index (χ0) is 20.6. The smallest absolute Gasteiger partial charge is 0.274 e. The number of nitrogens with zero attached hydrogens (tertiary/aromatic N) is 4. The molecular formula is C22H29N5O3. The summed E-state index contributed by atoms with van der Waals surface area (Å²) in [7, 11) is 1.74. The van der Waals surface area contributed by atoms with Gasteiger partial charge in [-0.15, -0.1) is 0 Å². The SMILES string of the molecule is CN1C(=O)CC[C@@H]1C(=O)N1CC2C3CCC(C2C1)N(C(=O)c1n[nH]c2c1CCC2)C3. The number of fused-ring (bicyclic) bond motifs is 3. The number of rotatable bonds is 2. The average Bonchev–Trinajstić information content (AvgIpc) is 3.52. The lowest BCUT2D eigenvalue weighted by Gasteiger charge is -2.51. The van der Waals surface area contributed by atoms with Gasteiger partial charge in [-0.3, -0.25) is 19.5 Å². The topological polar surface area (TPSA) is 89.6 Å². The molecule has 1 aromatic rings. The molecule has 5 heterocycles. The van der Waals surface area contributed by atoms with Gasteiger partial charge < -0.3 is 14.7 Å². The molecule has 30 heavy (non-hydrogen) atoms. The molecule has 2 bridgehead atoms. The van der Waals surface area contributed by atoms with Crippen molar-refractivity contribution in [1.82, 2.24) is 24.9 Å². The summed E-state index contributed by atoms with van der Waals surface area (Å²) in [6.45, 7) is 2.28. The number of aryl methyl sites for hydroxylation is 1. The molecule has 5 atom stereocenters. The van der Waals surface area contributed by atoms with Gasteiger partial charge >= 0.3 is 0 Å². The van der Waals surface area contributed by atoms with Crippen LogP contribution in [0.25, 0.3) is 0 Å². The summed E-state index contributed by atoms with van der Waals surface area (Å²) in [4.78, 5) is 44.1. The van der Waals surface area contributed by atoms with E-state index in [1.165, 1.54) is 0 Å². The third kappa shape index (κ3) is 2.51. The molecule has 3 amide bonds. The fourth-order valence-electron chi connectivity index (χ4n) is 6.92. The lowest BCUT2D eigenvalue weighted by Crippen LogP contribution is -2.59. The van der Waals surface area contributed by atoms with Gasteiger partial charge in [0.1, 0.15) is 6.04 Å². The maximum absolute atomic E-state index is 13.4. The van der Waals surface area contributed by atoms with Crippen LogP contribution in [-0.2, 0) is 22.4 Å². The Morgan fingerprint density at radius 2 is 1.87 bits per heavy atom. The van der Waals surface area contributed by atoms with E-state index in [0.717, 1.165) is 56.5 Å². The van der Waals surface area contributed by atoms with Crippen molar-refractivity contribution >= 4 is 17.7 Å². The Labute approximate surface area is 175 Å². The molecule has 4 aliphatic heterocycles. The lowest BCUT2D eigenvalue weighted by molar-refractivity contribution is -0.139. The second kappa shape index (κ2) is 6.56. The number of piperidine rings is 2. The third-order valence-electron chi connectivity index (χ3n) is 8.54. The van der Waals surface area contributed by atoms with Gasteiger partial charge in [0, 0.05) is 56.3 Å². The van der Waals surface area contributed by atoms with Gasteiger partial charge in [-0.2, -0.15) is 5.10 Å². The molecule has 2 aliphatic carbocycles. The first-order chi connectivity index (χ1) is 14.5. The van der Waals surface area contributed by atoms with E-state index in [1.54, 1.807) is 11.9 Å². The van der Waals surface area contributed by atoms with Gasteiger partial charge in [0.05, 0.1) is 0 Å². The predicted octanol–water partition coefficient (Wildman–Crippen LogP) is 0.828. The number of amides is 3. The van der Waals surface area contributed by atoms with E-state index >= 15 is 0 Å². The lowest BCUT2D eigenvalue weighted by atomic mass is 9.66. The minimum atomic E-state index is -0.306. The van der Waals surface area contributed by atoms with Crippen molar-refractivity contribution in [1.29, 1.82) is 0 Å². The summed E-state index contributed by atoms with van der Waals surface area (Å²) in [6, 6.07) is -0.110. The highest BCUT2D eigenvalue weighted by molar-refractivity contribution is 5.95. The first-order valence-corrected chi connectivity index (χ1v) is 11.4. The number of hydrogen-bond donors (Lipinski definition) is 1. The second-order valence-corrected chi connectivity index (χ2v) is 9.88. The van der Waals surface area contributed by atoms with E-state index in [-0.39, 0.29) is 29.8 Å². The number of carbonyl (C=O) groups excluding carboxylic acids is 3. The molecule has 1 saturated carbocycles. The van der Waals surface area contributed by atoms with E-state index < -0.39 is 0 Å². The first kappa shape index (κ1) is 18.4. The Bertz CT molecular complexity index is 926. The van der Waals surface area contributed by atoms with Crippen molar-refractivity contribution in [3.8, 4) is 0 Å². The third-order valence-corrected chi connectivity index (χ3v) is 8.54. The minimum absolute atomic E-state index is 0.0633. The highest BCUT2D eigenvalue weighted by atomic mass is 16.2. The van der Waals surface area contributed by atoms with E-state index in [4.69, 9.17) is 0 Å². The minimum Gasteiger partial charge on any atom is -0.340 e. The largest absolute Gasteiger partial charge is 0.340 e. The number of hydrogen-bond acceptors (Lipinski definition) is 4. The molecule has 6 aliphatic rings. The van der Waals surface area contributed by atoms with Crippen LogP contribution in [0.1, 0.15) is 53.8 Å². The predicted molar refractivity (Wildman–Crippen MR) is 108 cm³/mol. The highest BCUT2D eigenvalue weighted by Crippen LogP contribution is 2.48. The molecule has 4 saturated heterocycles. The molecule has 0 spiro atoms. The summed E-state index contributed by atoms with van der Waals surface area (Å²) in [6.07, 6.45) is 6.28. The van der Waals surface area contributed by atoms with Crippen LogP contribution in [0, 0.1) is 17.8 Å². The van der Waals surface area contributed by atoms with Crippen LogP contribution in [0.15, 0.2) is 0 Å². The monoisotopic (exact) mass is 411 g/mol. The Kier molecular flexibility index (Phi) is 4.02. The number of likely N-dealkylation sites (N-methyl/N-ethyl adjacent to an activating group) is 1. The van der Waals surface area contributed by atoms with Crippen LogP contribution in [0.4, 0.5) is 0 Å². The maximum Gasteiger partial charge on any atom is 0.274 e. The molecule has 1 aromatic heterocycles. The van der Waals surface area contributed by atoms with Crippen molar-refractivity contribution in [2.45, 2.75) is 57.0 Å². The Morgan fingerprint density at radius 3 is 2.67 bits per heavy atom. The van der Waals surface area contributed by atoms with E-state index in [9.17, 15) is 14.4 Å². The van der Waals surface area contributed by atoms with Crippen LogP contribution in [0.3, 0.4) is 0 Å². The summed E-state index contributed by atoms with van der Waals surface area (Å²) >= 11 is 0. The van der Waals surface area contributed by atoms with Gasteiger partial charge in [-0.25, -0.2) is 0 Å². The number of aromatic amines is 1. The zero-order valence-corrected chi connectivity index (χ0v) is 17.5. The van der Waals surface area contributed by atoms with Crippen molar-refractivity contribution in [2.24, 2.45) is 17.8 Å². The average molecular weight is 412 g/mol. The fraction of sp³-hybridized carbons (Fsp3) is 0.727. The van der Waals surface area contributed by atoms with E-state index in [1.807, 2.05) is 4.90 Å². The Hall–Kier alpha value is -2.38. The number of nitrogens with one attached hydrogen (secondary N) is 1. The van der Waals surface area contributed by atoms with Crippen LogP contribution in [0.2, 0.25) is 0 Å². The van der Waals surface area contributed by atoms with Gasteiger partial charge in [0.2, 0.25) is 11.8 Å². The molecular weight excluding hydrogens is 382 g/mol. The van der Waals surface area contributed by atoms with E-state index in [0.29, 0.717) is 42.8 Å². The summed E-state index contributed by atoms with van der Waals surface area (Å²) in [5, 5.41) is 7.45. The van der Waals surface area contributed by atoms with Crippen LogP contribution < -0.4 is 0 Å². The van der Waals surface area contributed by atoms with Crippen LogP contribution in [0.5, 0.6) is 0 Å². The standard InChI is InChI=1S/C22H29N5O3/c1-25-18(7-8-19(25)28)21(29)26-10-14-12-5-6-17(15(14)11-26)27(9-12)22(30)20-13-3-2-4-16(13)23-24-20/h12,14-15,17-18H,2-11H2,1H3,(H,23,24)/t12?,14?,15?,17?,18-/m1/s1. The summed E-state index contributed by atoms with van der Waals surface area (Å²) in [5.74, 6) is 1.52. The quantitative estimate of drug-likeness (QED) is 0.781. The van der Waals surface area contributed by atoms with Gasteiger partial charge in [0.15, 0.2) is 5.69 Å². The molecule has 160 valence electrons. The van der Waals surface area contributed by atoms with Gasteiger partial charge in [-0.1, -0.05) is 0 Å². The molecule has 1 N–H and O–H groups in total. The van der Waals surface area contributed by atoms with Crippen molar-refractivity contribution in [2.75, 3.05) is 26.7 Å². The first-order valence-electron chi connectivity index (χ1n) is 11.4. The van der Waals surface area contributed by atoms with E-state index in [2.05, 4.69) is 15.1 Å². The number of likely N-dealkylation sites (tertiary alicyclic amines) is 2. The van der Waals surface area contributed by atoms with Gasteiger partial charge in [-0.05, 0) is 50.4 Å². The summed E-state index contributed by atoms with van der Waals surface area (Å²) in [5.41, 5.74) is 2.88. The molecule has 8 nitrogen and oxygen atoms in total. The molecule has 4 unspecified atom stereocenters. The molecule has 0 radical (unpaired) electrons. The number of carbonyl (C=O) groups is 3. The highest BCUT2D eigenvalue weighted by Gasteiger charge is 2.54. The maximum atomic E-state index is 13.4. The van der Waals surface area contributed by atoms with Crippen molar-refractivity contribution < 1.29 is 14.4 Å². The number of H-pyrrole nitrogens is 1. The second-order valence-electron chi connectivity index (χ2n) is 9.88. The zero-order valence-electron chi connectivity index (χ0n) is 17.5. The normalized spacial score (nSPS) is 34.6. The van der Waals surface area contributed by atoms with Gasteiger partial charge in [0.25, 0.3) is 5.91 Å². The molecule has 7 rings (SSSR count). The van der Waals surface area contributed by atoms with Crippen molar-refractivity contribution in [3.05, 3.63) is 17.0 Å². The molecule has 0 aromatic carbocycles. The van der Waals surface area contributed by atoms with Crippen molar-refractivity contribution in [3.63, 3.8) is 0 Å². The van der Waals surface area contributed by atoms with Crippen LogP contribution in [-0.4, -0.2) is 81.4 Å². The molecule has 8 heteroatoms. The fourth-order valence-corrected chi connectivity index (χ4v) is 6.92. The van der Waals surface area contributed by atoms with Crippen LogP contribution >= 0.6 is 0 Å². The number of aromatic nitrogens is 2. The Balaban J connectivity index is 1.21. The summed E-state index contributed by atoms with van der Waals surface area (Å²) < 4.78 is 0.